The van der Waals surface area contributed by atoms with Gasteiger partial charge in [-0.05, 0) is 44.4 Å². The van der Waals surface area contributed by atoms with Gasteiger partial charge in [0, 0.05) is 45.6 Å². The number of piperazine rings is 1. The normalized spacial score (nSPS) is 38.0. The van der Waals surface area contributed by atoms with Crippen molar-refractivity contribution in [1.82, 2.24) is 9.80 Å². The minimum Gasteiger partial charge on any atom is -0.462 e. The van der Waals surface area contributed by atoms with Crippen LogP contribution in [0.2, 0.25) is 0 Å². The van der Waals surface area contributed by atoms with Gasteiger partial charge < -0.3 is 9.64 Å². The average Bonchev–Trinajstić information content (AvgIpc) is 2.88. The molecular formula is C21H32N2O3. The largest absolute Gasteiger partial charge is 0.462 e. The number of amides is 1. The molecule has 0 N–H and O–H groups in total. The minimum atomic E-state index is -0.00402. The second-order valence-electron chi connectivity index (χ2n) is 9.13. The Morgan fingerprint density at radius 2 is 2.00 bits per heavy atom. The third kappa shape index (κ3) is 3.08. The molecule has 1 amide bonds. The fraction of sp³-hybridized carbons (Fsp3) is 0.810. The predicted molar refractivity (Wildman–Crippen MR) is 99.4 cm³/mol. The van der Waals surface area contributed by atoms with E-state index in [1.54, 1.807) is 18.1 Å². The van der Waals surface area contributed by atoms with Crippen molar-refractivity contribution in [3.8, 4) is 0 Å². The fourth-order valence-electron chi connectivity index (χ4n) is 5.84. The maximum atomic E-state index is 12.6. The fourth-order valence-corrected chi connectivity index (χ4v) is 5.84. The van der Waals surface area contributed by atoms with Crippen molar-refractivity contribution < 1.29 is 14.3 Å². The zero-order chi connectivity index (χ0) is 18.5. The first-order valence-corrected chi connectivity index (χ1v) is 10.2. The lowest BCUT2D eigenvalue weighted by atomic mass is 9.59. The third-order valence-electron chi connectivity index (χ3n) is 7.45. The average molecular weight is 360 g/mol. The van der Waals surface area contributed by atoms with Gasteiger partial charge in [-0.2, -0.15) is 0 Å². The third-order valence-corrected chi connectivity index (χ3v) is 7.45. The molecule has 2 aliphatic carbocycles. The van der Waals surface area contributed by atoms with Crippen LogP contribution in [0.4, 0.5) is 0 Å². The van der Waals surface area contributed by atoms with E-state index in [4.69, 9.17) is 4.74 Å². The number of ether oxygens (including phenoxy) is 1. The number of allylic oxidation sites excluding steroid dienone is 2. The van der Waals surface area contributed by atoms with Crippen LogP contribution >= 0.6 is 0 Å². The van der Waals surface area contributed by atoms with E-state index in [1.165, 1.54) is 19.3 Å². The highest BCUT2D eigenvalue weighted by molar-refractivity contribution is 5.76. The van der Waals surface area contributed by atoms with Crippen molar-refractivity contribution in [3.63, 3.8) is 0 Å². The highest BCUT2D eigenvalue weighted by Crippen LogP contribution is 2.55. The summed E-state index contributed by atoms with van der Waals surface area (Å²) >= 11 is 0. The number of fused-ring (bicyclic) bond motifs is 2. The zero-order valence-electron chi connectivity index (χ0n) is 16.4. The van der Waals surface area contributed by atoms with Crippen LogP contribution in [0.15, 0.2) is 11.1 Å². The van der Waals surface area contributed by atoms with Crippen LogP contribution in [0.5, 0.6) is 0 Å². The van der Waals surface area contributed by atoms with Crippen molar-refractivity contribution in [1.29, 1.82) is 0 Å². The molecule has 0 aromatic heterocycles. The van der Waals surface area contributed by atoms with E-state index in [2.05, 4.69) is 18.7 Å². The van der Waals surface area contributed by atoms with Gasteiger partial charge in [-0.3, -0.25) is 14.5 Å². The number of carbonyl (C=O) groups is 2. The Labute approximate surface area is 156 Å². The summed E-state index contributed by atoms with van der Waals surface area (Å²) in [7, 11) is 0. The Balaban J connectivity index is 1.45. The topological polar surface area (TPSA) is 49.9 Å². The monoisotopic (exact) mass is 360 g/mol. The summed E-state index contributed by atoms with van der Waals surface area (Å²) in [5.41, 5.74) is 3.42. The molecule has 26 heavy (non-hydrogen) atoms. The lowest BCUT2D eigenvalue weighted by Crippen LogP contribution is -2.50. The molecule has 0 unspecified atom stereocenters. The summed E-state index contributed by atoms with van der Waals surface area (Å²) < 4.78 is 5.88. The molecule has 0 aromatic rings. The van der Waals surface area contributed by atoms with E-state index in [0.29, 0.717) is 5.92 Å². The van der Waals surface area contributed by atoms with Gasteiger partial charge in [0.25, 0.3) is 0 Å². The van der Waals surface area contributed by atoms with Crippen molar-refractivity contribution in [2.45, 2.75) is 59.0 Å². The van der Waals surface area contributed by atoms with Gasteiger partial charge in [0.1, 0.15) is 6.10 Å². The molecule has 5 heteroatoms. The molecular weight excluding hydrogens is 328 g/mol. The maximum absolute atomic E-state index is 12.6. The highest BCUT2D eigenvalue weighted by atomic mass is 16.6. The number of carbonyl (C=O) groups excluding carboxylic acids is 2. The standard InChI is InChI=1S/C21H32N2O3/c1-14-5-4-6-21(3)12-19-16(11-18(14)21)17(20(25)26-19)13-22-7-9-23(10-8-22)15(2)24/h16-17,19H,4-13H2,1-3H3/t16-,17+,19-,21-/m1/s1. The first-order chi connectivity index (χ1) is 12.4. The van der Waals surface area contributed by atoms with Crippen molar-refractivity contribution in [2.75, 3.05) is 32.7 Å². The molecule has 0 spiro atoms. The molecule has 1 saturated carbocycles. The number of hydrogen-bond donors (Lipinski definition) is 0. The van der Waals surface area contributed by atoms with Crippen LogP contribution in [0.1, 0.15) is 52.9 Å². The van der Waals surface area contributed by atoms with Crippen LogP contribution < -0.4 is 0 Å². The van der Waals surface area contributed by atoms with Crippen molar-refractivity contribution in [2.24, 2.45) is 17.3 Å². The van der Waals surface area contributed by atoms with Gasteiger partial charge in [-0.1, -0.05) is 18.1 Å². The SMILES string of the molecule is CC(=O)N1CCN(C[C@@H]2C(=O)O[C@@H]3C[C@@]4(C)CCCC(C)=C4C[C@H]23)CC1. The second-order valence-corrected chi connectivity index (χ2v) is 9.13. The van der Waals surface area contributed by atoms with Crippen molar-refractivity contribution in [3.05, 3.63) is 11.1 Å². The van der Waals surface area contributed by atoms with E-state index in [1.807, 2.05) is 4.90 Å². The summed E-state index contributed by atoms with van der Waals surface area (Å²) in [5.74, 6) is 0.492. The van der Waals surface area contributed by atoms with E-state index < -0.39 is 0 Å². The Morgan fingerprint density at radius 1 is 1.27 bits per heavy atom. The quantitative estimate of drug-likeness (QED) is 0.561. The van der Waals surface area contributed by atoms with Gasteiger partial charge in [-0.25, -0.2) is 0 Å². The first kappa shape index (κ1) is 18.0. The molecule has 2 aliphatic heterocycles. The molecule has 0 radical (unpaired) electrons. The van der Waals surface area contributed by atoms with Gasteiger partial charge >= 0.3 is 5.97 Å². The summed E-state index contributed by atoms with van der Waals surface area (Å²) in [6.45, 7) is 10.4. The lowest BCUT2D eigenvalue weighted by molar-refractivity contribution is -0.146. The van der Waals surface area contributed by atoms with Crippen LogP contribution in [0, 0.1) is 17.3 Å². The lowest BCUT2D eigenvalue weighted by Gasteiger charge is -2.46. The van der Waals surface area contributed by atoms with Crippen LogP contribution in [-0.2, 0) is 14.3 Å². The molecule has 4 aliphatic rings. The Bertz CT molecular complexity index is 635. The molecule has 144 valence electrons. The van der Waals surface area contributed by atoms with Crippen LogP contribution in [-0.4, -0.2) is 60.5 Å². The Morgan fingerprint density at radius 3 is 2.69 bits per heavy atom. The number of esters is 1. The molecule has 0 bridgehead atoms. The first-order valence-electron chi connectivity index (χ1n) is 10.2. The van der Waals surface area contributed by atoms with Crippen LogP contribution in [0.25, 0.3) is 0 Å². The van der Waals surface area contributed by atoms with E-state index in [-0.39, 0.29) is 29.3 Å². The van der Waals surface area contributed by atoms with Gasteiger partial charge in [0.15, 0.2) is 0 Å². The Kier molecular flexibility index (Phi) is 4.62. The zero-order valence-corrected chi connectivity index (χ0v) is 16.4. The summed E-state index contributed by atoms with van der Waals surface area (Å²) in [4.78, 5) is 28.4. The van der Waals surface area contributed by atoms with E-state index >= 15 is 0 Å². The van der Waals surface area contributed by atoms with Gasteiger partial charge in [0.2, 0.25) is 5.91 Å². The van der Waals surface area contributed by atoms with E-state index in [0.717, 1.165) is 45.6 Å². The summed E-state index contributed by atoms with van der Waals surface area (Å²) in [5, 5.41) is 0. The summed E-state index contributed by atoms with van der Waals surface area (Å²) in [6, 6.07) is 0. The Hall–Kier alpha value is -1.36. The molecule has 4 atom stereocenters. The smallest absolute Gasteiger partial charge is 0.310 e. The molecule has 3 fully saturated rings. The number of hydrogen-bond acceptors (Lipinski definition) is 4. The molecule has 0 aromatic carbocycles. The van der Waals surface area contributed by atoms with Gasteiger partial charge in [0.05, 0.1) is 5.92 Å². The molecule has 5 nitrogen and oxygen atoms in total. The predicted octanol–water partition coefficient (Wildman–Crippen LogP) is 2.61. The molecule has 2 heterocycles. The van der Waals surface area contributed by atoms with Gasteiger partial charge in [-0.15, -0.1) is 0 Å². The maximum Gasteiger partial charge on any atom is 0.310 e. The number of nitrogens with zero attached hydrogens (tertiary/aromatic N) is 2. The second kappa shape index (κ2) is 6.66. The summed E-state index contributed by atoms with van der Waals surface area (Å²) in [6.07, 6.45) is 5.86. The van der Waals surface area contributed by atoms with Crippen LogP contribution in [0.3, 0.4) is 0 Å². The molecule has 2 saturated heterocycles. The minimum absolute atomic E-state index is 0.00402. The van der Waals surface area contributed by atoms with E-state index in [9.17, 15) is 9.59 Å². The highest BCUT2D eigenvalue weighted by Gasteiger charge is 2.53. The van der Waals surface area contributed by atoms with Crippen molar-refractivity contribution >= 4 is 11.9 Å². The molecule has 4 rings (SSSR count). The number of rotatable bonds is 2.